The molecule has 0 spiro atoms. The van der Waals surface area contributed by atoms with Crippen LogP contribution in [0.4, 0.5) is 11.4 Å². The van der Waals surface area contributed by atoms with Crippen LogP contribution >= 0.6 is 27.7 Å². The van der Waals surface area contributed by atoms with E-state index in [-0.39, 0.29) is 11.2 Å². The molecule has 0 aliphatic carbocycles. The lowest BCUT2D eigenvalue weighted by molar-refractivity contribution is -0.115. The van der Waals surface area contributed by atoms with Crippen LogP contribution in [-0.4, -0.2) is 16.1 Å². The van der Waals surface area contributed by atoms with Gasteiger partial charge in [-0.25, -0.2) is 4.98 Å². The molecule has 0 aliphatic rings. The van der Waals surface area contributed by atoms with E-state index in [1.165, 1.54) is 11.8 Å². The van der Waals surface area contributed by atoms with Gasteiger partial charge in [0.2, 0.25) is 5.91 Å². The first kappa shape index (κ1) is 15.9. The Bertz CT molecular complexity index is 646. The molecule has 1 amide bonds. The number of anilines is 2. The third kappa shape index (κ3) is 4.47. The summed E-state index contributed by atoms with van der Waals surface area (Å²) in [6, 6.07) is 9.25. The molecule has 4 nitrogen and oxygen atoms in total. The normalized spacial score (nSPS) is 12.0. The number of nitrogens with one attached hydrogen (secondary N) is 1. The maximum absolute atomic E-state index is 12.2. The number of halogens is 1. The summed E-state index contributed by atoms with van der Waals surface area (Å²) >= 11 is 4.75. The van der Waals surface area contributed by atoms with Crippen LogP contribution in [0.15, 0.2) is 46.0 Å². The molecule has 2 rings (SSSR count). The summed E-state index contributed by atoms with van der Waals surface area (Å²) < 4.78 is 0.916. The smallest absolute Gasteiger partial charge is 0.237 e. The largest absolute Gasteiger partial charge is 0.399 e. The van der Waals surface area contributed by atoms with Crippen LogP contribution in [0.3, 0.4) is 0 Å². The molecule has 1 aromatic carbocycles. The van der Waals surface area contributed by atoms with Crippen LogP contribution in [0.2, 0.25) is 0 Å². The highest BCUT2D eigenvalue weighted by Gasteiger charge is 2.16. The van der Waals surface area contributed by atoms with Crippen molar-refractivity contribution in [3.05, 3.63) is 46.6 Å². The molecular formula is C15H16BrN3OS. The molecule has 1 heterocycles. The van der Waals surface area contributed by atoms with E-state index in [0.717, 1.165) is 20.7 Å². The van der Waals surface area contributed by atoms with Crippen molar-refractivity contribution >= 4 is 45.0 Å². The number of pyridine rings is 1. The zero-order chi connectivity index (χ0) is 15.4. The van der Waals surface area contributed by atoms with Gasteiger partial charge in [0.15, 0.2) is 0 Å². The molecule has 3 N–H and O–H groups in total. The topological polar surface area (TPSA) is 68.0 Å². The Morgan fingerprint density at radius 3 is 2.81 bits per heavy atom. The number of carbonyl (C=O) groups is 1. The molecule has 0 bridgehead atoms. The summed E-state index contributed by atoms with van der Waals surface area (Å²) in [4.78, 5) is 16.5. The number of aromatic nitrogens is 1. The first-order valence-electron chi connectivity index (χ1n) is 6.41. The molecule has 0 fully saturated rings. The quantitative estimate of drug-likeness (QED) is 0.637. The number of nitrogen functional groups attached to an aromatic ring is 1. The van der Waals surface area contributed by atoms with Gasteiger partial charge in [0.05, 0.1) is 10.3 Å². The Hall–Kier alpha value is -1.53. The van der Waals surface area contributed by atoms with Gasteiger partial charge in [0, 0.05) is 22.0 Å². The number of hydrogen-bond donors (Lipinski definition) is 2. The number of aryl methyl sites for hydroxylation is 1. The number of rotatable bonds is 4. The van der Waals surface area contributed by atoms with Crippen molar-refractivity contribution in [1.29, 1.82) is 0 Å². The standard InChI is InChI=1S/C15H16BrN3OS/c1-9-3-5-12(17)7-13(9)19-15(20)10(2)21-14-6-4-11(16)8-18-14/h3-8,10H,17H2,1-2H3,(H,19,20). The molecule has 1 atom stereocenters. The molecule has 1 unspecified atom stereocenters. The predicted molar refractivity (Wildman–Crippen MR) is 91.5 cm³/mol. The molecule has 110 valence electrons. The maximum atomic E-state index is 12.2. The van der Waals surface area contributed by atoms with Crippen molar-refractivity contribution in [1.82, 2.24) is 4.98 Å². The van der Waals surface area contributed by atoms with Gasteiger partial charge in [-0.15, -0.1) is 0 Å². The zero-order valence-corrected chi connectivity index (χ0v) is 14.2. The summed E-state index contributed by atoms with van der Waals surface area (Å²) in [6.07, 6.45) is 1.72. The van der Waals surface area contributed by atoms with Crippen molar-refractivity contribution in [3.63, 3.8) is 0 Å². The monoisotopic (exact) mass is 365 g/mol. The van der Waals surface area contributed by atoms with Crippen molar-refractivity contribution in [2.75, 3.05) is 11.1 Å². The Kier molecular flexibility index (Phi) is 5.25. The van der Waals surface area contributed by atoms with Gasteiger partial charge in [0.25, 0.3) is 0 Å². The van der Waals surface area contributed by atoms with E-state index in [1.807, 2.05) is 38.1 Å². The van der Waals surface area contributed by atoms with Gasteiger partial charge in [-0.1, -0.05) is 17.8 Å². The Morgan fingerprint density at radius 2 is 2.14 bits per heavy atom. The highest BCUT2D eigenvalue weighted by Crippen LogP contribution is 2.24. The van der Waals surface area contributed by atoms with E-state index in [1.54, 1.807) is 12.3 Å². The van der Waals surface area contributed by atoms with E-state index < -0.39 is 0 Å². The number of amides is 1. The molecule has 2 aromatic rings. The minimum Gasteiger partial charge on any atom is -0.399 e. The van der Waals surface area contributed by atoms with E-state index in [2.05, 4.69) is 26.2 Å². The molecule has 1 aromatic heterocycles. The molecule has 21 heavy (non-hydrogen) atoms. The lowest BCUT2D eigenvalue weighted by Crippen LogP contribution is -2.23. The zero-order valence-electron chi connectivity index (χ0n) is 11.8. The highest BCUT2D eigenvalue weighted by atomic mass is 79.9. The number of carbonyl (C=O) groups excluding carboxylic acids is 1. The van der Waals surface area contributed by atoms with Crippen LogP contribution in [0, 0.1) is 6.92 Å². The van der Waals surface area contributed by atoms with Crippen molar-refractivity contribution in [2.24, 2.45) is 0 Å². The van der Waals surface area contributed by atoms with Crippen LogP contribution < -0.4 is 11.1 Å². The molecule has 6 heteroatoms. The number of hydrogen-bond acceptors (Lipinski definition) is 4. The number of thioether (sulfide) groups is 1. The fourth-order valence-corrected chi connectivity index (χ4v) is 2.70. The minimum atomic E-state index is -0.250. The summed E-state index contributed by atoms with van der Waals surface area (Å²) in [6.45, 7) is 3.79. The first-order chi connectivity index (χ1) is 9.95. The second-order valence-corrected chi connectivity index (χ2v) is 6.92. The fourth-order valence-electron chi connectivity index (χ4n) is 1.68. The summed E-state index contributed by atoms with van der Waals surface area (Å²) in [5, 5.41) is 3.47. The summed E-state index contributed by atoms with van der Waals surface area (Å²) in [5.41, 5.74) is 8.11. The van der Waals surface area contributed by atoms with Crippen molar-refractivity contribution in [3.8, 4) is 0 Å². The van der Waals surface area contributed by atoms with Crippen LogP contribution in [0.5, 0.6) is 0 Å². The lowest BCUT2D eigenvalue weighted by atomic mass is 10.2. The fraction of sp³-hybridized carbons (Fsp3) is 0.200. The summed E-state index contributed by atoms with van der Waals surface area (Å²) in [5.74, 6) is -0.0709. The van der Waals surface area contributed by atoms with E-state index in [0.29, 0.717) is 5.69 Å². The molecular weight excluding hydrogens is 350 g/mol. The average molecular weight is 366 g/mol. The van der Waals surface area contributed by atoms with Gasteiger partial charge in [-0.05, 0) is 59.6 Å². The van der Waals surface area contributed by atoms with E-state index in [9.17, 15) is 4.79 Å². The second-order valence-electron chi connectivity index (χ2n) is 4.64. The highest BCUT2D eigenvalue weighted by molar-refractivity contribution is 9.10. The molecule has 0 radical (unpaired) electrons. The van der Waals surface area contributed by atoms with Crippen LogP contribution in [0.25, 0.3) is 0 Å². The number of benzene rings is 1. The second kappa shape index (κ2) is 6.95. The van der Waals surface area contributed by atoms with Gasteiger partial charge in [0.1, 0.15) is 0 Å². The van der Waals surface area contributed by atoms with Gasteiger partial charge in [-0.3, -0.25) is 4.79 Å². The predicted octanol–water partition coefficient (Wildman–Crippen LogP) is 3.85. The minimum absolute atomic E-state index is 0.0709. The Morgan fingerprint density at radius 1 is 1.38 bits per heavy atom. The van der Waals surface area contributed by atoms with Crippen molar-refractivity contribution < 1.29 is 4.79 Å². The summed E-state index contributed by atoms with van der Waals surface area (Å²) in [7, 11) is 0. The van der Waals surface area contributed by atoms with Gasteiger partial charge in [-0.2, -0.15) is 0 Å². The molecule has 0 aliphatic heterocycles. The van der Waals surface area contributed by atoms with E-state index >= 15 is 0 Å². The number of nitrogens with zero attached hydrogens (tertiary/aromatic N) is 1. The Balaban J connectivity index is 2.02. The van der Waals surface area contributed by atoms with E-state index in [4.69, 9.17) is 5.73 Å². The molecule has 0 saturated heterocycles. The lowest BCUT2D eigenvalue weighted by Gasteiger charge is -2.13. The van der Waals surface area contributed by atoms with Crippen LogP contribution in [-0.2, 0) is 4.79 Å². The van der Waals surface area contributed by atoms with Gasteiger partial charge >= 0.3 is 0 Å². The SMILES string of the molecule is Cc1ccc(N)cc1NC(=O)C(C)Sc1ccc(Br)cn1. The van der Waals surface area contributed by atoms with Crippen molar-refractivity contribution in [2.45, 2.75) is 24.1 Å². The average Bonchev–Trinajstić information content (AvgIpc) is 2.45. The Labute approximate surface area is 136 Å². The third-order valence-corrected chi connectivity index (χ3v) is 4.41. The van der Waals surface area contributed by atoms with Gasteiger partial charge < -0.3 is 11.1 Å². The molecule has 0 saturated carbocycles. The number of nitrogens with two attached hydrogens (primary N) is 1. The van der Waals surface area contributed by atoms with Crippen LogP contribution in [0.1, 0.15) is 12.5 Å². The third-order valence-electron chi connectivity index (χ3n) is 2.89. The first-order valence-corrected chi connectivity index (χ1v) is 8.08. The maximum Gasteiger partial charge on any atom is 0.237 e.